The Labute approximate surface area is 198 Å². The van der Waals surface area contributed by atoms with E-state index in [9.17, 15) is 19.2 Å². The molecule has 33 heavy (non-hydrogen) atoms. The second-order valence-corrected chi connectivity index (χ2v) is 10.4. The van der Waals surface area contributed by atoms with Gasteiger partial charge in [-0.25, -0.2) is 9.59 Å². The second kappa shape index (κ2) is 12.8. The van der Waals surface area contributed by atoms with Crippen LogP contribution in [0.5, 0.6) is 0 Å². The lowest BCUT2D eigenvalue weighted by molar-refractivity contribution is -0.149. The van der Waals surface area contributed by atoms with Crippen molar-refractivity contribution in [2.75, 3.05) is 32.8 Å². The van der Waals surface area contributed by atoms with E-state index in [1.165, 1.54) is 0 Å². The zero-order chi connectivity index (χ0) is 25.2. The lowest BCUT2D eigenvalue weighted by atomic mass is 9.97. The number of likely N-dealkylation sites (tertiary alicyclic amines) is 2. The van der Waals surface area contributed by atoms with Crippen molar-refractivity contribution < 1.29 is 33.4 Å². The van der Waals surface area contributed by atoms with Gasteiger partial charge in [0.15, 0.2) is 0 Å². The number of aldehydes is 1. The molecule has 0 bridgehead atoms. The van der Waals surface area contributed by atoms with Gasteiger partial charge in [-0.3, -0.25) is 4.79 Å². The van der Waals surface area contributed by atoms with E-state index in [0.717, 1.165) is 19.1 Å². The zero-order valence-electron chi connectivity index (χ0n) is 21.3. The summed E-state index contributed by atoms with van der Waals surface area (Å²) < 4.78 is 15.5. The Morgan fingerprint density at radius 1 is 0.788 bits per heavy atom. The van der Waals surface area contributed by atoms with Gasteiger partial charge >= 0.3 is 18.2 Å². The smallest absolute Gasteiger partial charge is 0.410 e. The number of nitrogens with zero attached hydrogens (tertiary/aromatic N) is 2. The maximum absolute atomic E-state index is 11.8. The van der Waals surface area contributed by atoms with Gasteiger partial charge in [-0.05, 0) is 74.1 Å². The molecule has 2 aliphatic heterocycles. The largest absolute Gasteiger partial charge is 0.466 e. The number of amides is 2. The van der Waals surface area contributed by atoms with Crippen LogP contribution in [-0.2, 0) is 23.8 Å². The molecule has 0 spiro atoms. The van der Waals surface area contributed by atoms with E-state index in [-0.39, 0.29) is 30.0 Å². The van der Waals surface area contributed by atoms with Gasteiger partial charge in [0.1, 0.15) is 17.5 Å². The summed E-state index contributed by atoms with van der Waals surface area (Å²) in [4.78, 5) is 48.8. The number of hydrogen-bond donors (Lipinski definition) is 0. The molecule has 0 aromatic heterocycles. The van der Waals surface area contributed by atoms with Gasteiger partial charge in [0.25, 0.3) is 0 Å². The monoisotopic (exact) mass is 470 g/mol. The van der Waals surface area contributed by atoms with Crippen LogP contribution in [0.2, 0.25) is 0 Å². The highest BCUT2D eigenvalue weighted by atomic mass is 16.6. The number of hydrogen-bond acceptors (Lipinski definition) is 7. The molecule has 0 atom stereocenters. The summed E-state index contributed by atoms with van der Waals surface area (Å²) in [5, 5.41) is 0. The minimum Gasteiger partial charge on any atom is -0.466 e. The van der Waals surface area contributed by atoms with Crippen molar-refractivity contribution in [3.8, 4) is 0 Å². The third-order valence-electron chi connectivity index (χ3n) is 5.15. The first-order chi connectivity index (χ1) is 15.3. The van der Waals surface area contributed by atoms with Crippen molar-refractivity contribution >= 4 is 24.4 Å². The van der Waals surface area contributed by atoms with Crippen LogP contribution in [0.4, 0.5) is 9.59 Å². The first-order valence-electron chi connectivity index (χ1n) is 11.8. The highest BCUT2D eigenvalue weighted by Crippen LogP contribution is 2.21. The van der Waals surface area contributed by atoms with Gasteiger partial charge in [-0.1, -0.05) is 0 Å². The molecule has 0 aromatic rings. The number of esters is 1. The highest BCUT2D eigenvalue weighted by molar-refractivity contribution is 5.73. The van der Waals surface area contributed by atoms with Crippen molar-refractivity contribution in [2.24, 2.45) is 11.8 Å². The quantitative estimate of drug-likeness (QED) is 0.348. The summed E-state index contributed by atoms with van der Waals surface area (Å²) in [6, 6.07) is 0. The molecule has 0 N–H and O–H groups in total. The molecule has 190 valence electrons. The van der Waals surface area contributed by atoms with Crippen LogP contribution in [0.3, 0.4) is 0 Å². The number of rotatable bonds is 3. The summed E-state index contributed by atoms with van der Waals surface area (Å²) in [6.07, 6.45) is 3.21. The average Bonchev–Trinajstić information content (AvgIpc) is 2.72. The van der Waals surface area contributed by atoms with Gasteiger partial charge < -0.3 is 28.8 Å². The van der Waals surface area contributed by atoms with Crippen LogP contribution in [0, 0.1) is 11.8 Å². The Morgan fingerprint density at radius 2 is 1.18 bits per heavy atom. The van der Waals surface area contributed by atoms with Crippen LogP contribution >= 0.6 is 0 Å². The van der Waals surface area contributed by atoms with Crippen molar-refractivity contribution in [2.45, 2.75) is 85.4 Å². The Kier molecular flexibility index (Phi) is 11.1. The molecule has 0 unspecified atom stereocenters. The molecule has 2 amide bonds. The molecule has 2 saturated heterocycles. The normalized spacial score (nSPS) is 18.0. The molecule has 0 radical (unpaired) electrons. The van der Waals surface area contributed by atoms with E-state index in [1.807, 2.05) is 41.5 Å². The molecule has 2 rings (SSSR count). The molecular formula is C24H42N2O7. The SMILES string of the molecule is CC(C)(C)OC(=O)N1CCC(C=O)CC1.CCOC(=O)C1CCN(C(=O)OC(C)(C)C)CC1. The van der Waals surface area contributed by atoms with E-state index in [1.54, 1.807) is 16.7 Å². The fourth-order valence-corrected chi connectivity index (χ4v) is 3.43. The van der Waals surface area contributed by atoms with Crippen LogP contribution in [-0.4, -0.2) is 78.2 Å². The zero-order valence-corrected chi connectivity index (χ0v) is 21.3. The van der Waals surface area contributed by atoms with E-state index in [2.05, 4.69) is 0 Å². The van der Waals surface area contributed by atoms with Gasteiger partial charge in [0.2, 0.25) is 0 Å². The molecule has 0 saturated carbocycles. The molecule has 0 aliphatic carbocycles. The molecule has 0 aromatic carbocycles. The van der Waals surface area contributed by atoms with Gasteiger partial charge in [0.05, 0.1) is 12.5 Å². The summed E-state index contributed by atoms with van der Waals surface area (Å²) in [5.41, 5.74) is -0.923. The van der Waals surface area contributed by atoms with Crippen LogP contribution in [0.15, 0.2) is 0 Å². The summed E-state index contributed by atoms with van der Waals surface area (Å²) in [7, 11) is 0. The molecule has 9 heteroatoms. The standard InChI is InChI=1S/C13H23NO4.C11H19NO3/c1-5-17-11(15)10-6-8-14(9-7-10)12(16)18-13(2,3)4;1-11(2,3)15-10(14)12-6-4-9(8-13)5-7-12/h10H,5-9H2,1-4H3;8-9H,4-7H2,1-3H3. The third kappa shape index (κ3) is 11.4. The Balaban J connectivity index is 0.000000335. The van der Waals surface area contributed by atoms with Crippen molar-refractivity contribution in [1.29, 1.82) is 0 Å². The predicted molar refractivity (Wildman–Crippen MR) is 124 cm³/mol. The molecule has 2 aliphatic rings. The molecule has 9 nitrogen and oxygen atoms in total. The van der Waals surface area contributed by atoms with Gasteiger partial charge in [-0.15, -0.1) is 0 Å². The summed E-state index contributed by atoms with van der Waals surface area (Å²) in [5.74, 6) is -0.117. The van der Waals surface area contributed by atoms with Gasteiger partial charge in [0, 0.05) is 32.1 Å². The number of piperidine rings is 2. The van der Waals surface area contributed by atoms with Gasteiger partial charge in [-0.2, -0.15) is 0 Å². The third-order valence-corrected chi connectivity index (χ3v) is 5.15. The van der Waals surface area contributed by atoms with Crippen LogP contribution in [0.1, 0.15) is 74.1 Å². The minimum atomic E-state index is -0.477. The van der Waals surface area contributed by atoms with E-state index < -0.39 is 11.2 Å². The minimum absolute atomic E-state index is 0.0800. The molecular weight excluding hydrogens is 428 g/mol. The Morgan fingerprint density at radius 3 is 1.52 bits per heavy atom. The van der Waals surface area contributed by atoms with Crippen LogP contribution < -0.4 is 0 Å². The maximum Gasteiger partial charge on any atom is 0.410 e. The van der Waals surface area contributed by atoms with E-state index in [0.29, 0.717) is 45.6 Å². The predicted octanol–water partition coefficient (Wildman–Crippen LogP) is 4.03. The lowest BCUT2D eigenvalue weighted by Crippen LogP contribution is -2.43. The average molecular weight is 471 g/mol. The molecule has 2 heterocycles. The summed E-state index contributed by atoms with van der Waals surface area (Å²) in [6.45, 7) is 15.6. The highest BCUT2D eigenvalue weighted by Gasteiger charge is 2.30. The Bertz CT molecular complexity index is 651. The van der Waals surface area contributed by atoms with Crippen molar-refractivity contribution in [1.82, 2.24) is 9.80 Å². The van der Waals surface area contributed by atoms with E-state index in [4.69, 9.17) is 14.2 Å². The first-order valence-corrected chi connectivity index (χ1v) is 11.8. The number of ether oxygens (including phenoxy) is 3. The topological polar surface area (TPSA) is 102 Å². The fourth-order valence-electron chi connectivity index (χ4n) is 3.43. The summed E-state index contributed by atoms with van der Waals surface area (Å²) >= 11 is 0. The Hall–Kier alpha value is -2.32. The lowest BCUT2D eigenvalue weighted by Gasteiger charge is -2.32. The molecule has 2 fully saturated rings. The maximum atomic E-state index is 11.8. The van der Waals surface area contributed by atoms with Crippen molar-refractivity contribution in [3.05, 3.63) is 0 Å². The van der Waals surface area contributed by atoms with Crippen molar-refractivity contribution in [3.63, 3.8) is 0 Å². The van der Waals surface area contributed by atoms with Crippen LogP contribution in [0.25, 0.3) is 0 Å². The second-order valence-electron chi connectivity index (χ2n) is 10.4. The first kappa shape index (κ1) is 28.7. The number of carbonyl (C=O) groups excluding carboxylic acids is 4. The fraction of sp³-hybridized carbons (Fsp3) is 0.833. The van der Waals surface area contributed by atoms with E-state index >= 15 is 0 Å². The number of carbonyl (C=O) groups is 4.